The summed E-state index contributed by atoms with van der Waals surface area (Å²) in [4.78, 5) is 12.4. The van der Waals surface area contributed by atoms with Gasteiger partial charge < -0.3 is 5.32 Å². The van der Waals surface area contributed by atoms with Gasteiger partial charge in [0.25, 0.3) is 0 Å². The highest BCUT2D eigenvalue weighted by Crippen LogP contribution is 2.18. The van der Waals surface area contributed by atoms with Gasteiger partial charge in [0.15, 0.2) is 0 Å². The number of aryl methyl sites for hydroxylation is 2. The summed E-state index contributed by atoms with van der Waals surface area (Å²) < 4.78 is 38.2. The topological polar surface area (TPSA) is 66.5 Å². The Morgan fingerprint density at radius 1 is 1.04 bits per heavy atom. The van der Waals surface area contributed by atoms with Crippen LogP contribution in [0.25, 0.3) is 0 Å². The van der Waals surface area contributed by atoms with Crippen LogP contribution in [-0.2, 0) is 34.2 Å². The molecule has 0 unspecified atom stereocenters. The van der Waals surface area contributed by atoms with Crippen LogP contribution in [0.15, 0.2) is 42.5 Å². The van der Waals surface area contributed by atoms with E-state index in [1.807, 2.05) is 6.92 Å². The normalized spacial score (nSPS) is 11.3. The lowest BCUT2D eigenvalue weighted by molar-refractivity contribution is -0.119. The van der Waals surface area contributed by atoms with Crippen LogP contribution in [-0.4, -0.2) is 27.1 Å². The minimum Gasteiger partial charge on any atom is -0.350 e. The van der Waals surface area contributed by atoms with Crippen molar-refractivity contribution in [1.82, 2.24) is 5.32 Å². The van der Waals surface area contributed by atoms with Crippen LogP contribution in [0, 0.1) is 5.82 Å². The zero-order valence-electron chi connectivity index (χ0n) is 15.8. The number of hydrogen-bond donors (Lipinski definition) is 1. The SMILES string of the molecule is CCc1ccc(CC)c(CNC(=O)CN(c2ccc(F)cc2)S(C)(=O)=O)c1. The fourth-order valence-electron chi connectivity index (χ4n) is 2.80. The van der Waals surface area contributed by atoms with E-state index < -0.39 is 21.7 Å². The van der Waals surface area contributed by atoms with E-state index >= 15 is 0 Å². The minimum atomic E-state index is -3.68. The fourth-order valence-corrected chi connectivity index (χ4v) is 3.65. The summed E-state index contributed by atoms with van der Waals surface area (Å²) in [6.45, 7) is 4.08. The van der Waals surface area contributed by atoms with E-state index in [0.29, 0.717) is 6.54 Å². The molecule has 2 aromatic rings. The van der Waals surface area contributed by atoms with Crippen molar-refractivity contribution in [1.29, 1.82) is 0 Å². The molecular formula is C20H25FN2O3S. The van der Waals surface area contributed by atoms with Crippen molar-refractivity contribution in [3.63, 3.8) is 0 Å². The molecule has 146 valence electrons. The third kappa shape index (κ3) is 5.79. The monoisotopic (exact) mass is 392 g/mol. The average Bonchev–Trinajstić information content (AvgIpc) is 2.64. The van der Waals surface area contributed by atoms with Crippen molar-refractivity contribution in [2.75, 3.05) is 17.1 Å². The Kier molecular flexibility index (Phi) is 6.96. The third-order valence-corrected chi connectivity index (χ3v) is 5.48. The number of benzene rings is 2. The van der Waals surface area contributed by atoms with Gasteiger partial charge in [-0.05, 0) is 53.8 Å². The van der Waals surface area contributed by atoms with Crippen molar-refractivity contribution in [2.24, 2.45) is 0 Å². The number of anilines is 1. The molecular weight excluding hydrogens is 367 g/mol. The summed E-state index contributed by atoms with van der Waals surface area (Å²) in [6, 6.07) is 11.2. The van der Waals surface area contributed by atoms with Gasteiger partial charge in [-0.15, -0.1) is 0 Å². The molecule has 0 aliphatic rings. The first-order valence-electron chi connectivity index (χ1n) is 8.85. The van der Waals surface area contributed by atoms with Crippen molar-refractivity contribution in [3.05, 3.63) is 65.0 Å². The van der Waals surface area contributed by atoms with Gasteiger partial charge in [-0.2, -0.15) is 0 Å². The second-order valence-electron chi connectivity index (χ2n) is 6.33. The maximum Gasteiger partial charge on any atom is 0.241 e. The Morgan fingerprint density at radius 2 is 1.70 bits per heavy atom. The molecule has 0 atom stereocenters. The Morgan fingerprint density at radius 3 is 2.26 bits per heavy atom. The molecule has 0 bridgehead atoms. The maximum atomic E-state index is 13.1. The lowest BCUT2D eigenvalue weighted by Gasteiger charge is -2.22. The predicted molar refractivity (Wildman–Crippen MR) is 106 cm³/mol. The highest BCUT2D eigenvalue weighted by atomic mass is 32.2. The molecule has 0 aliphatic carbocycles. The summed E-state index contributed by atoms with van der Waals surface area (Å²) in [5.41, 5.74) is 3.60. The van der Waals surface area contributed by atoms with E-state index in [2.05, 4.69) is 30.4 Å². The van der Waals surface area contributed by atoms with Crippen LogP contribution >= 0.6 is 0 Å². The zero-order chi connectivity index (χ0) is 20.0. The van der Waals surface area contributed by atoms with Gasteiger partial charge in [0.1, 0.15) is 12.4 Å². The summed E-state index contributed by atoms with van der Waals surface area (Å²) in [5.74, 6) is -0.895. The predicted octanol–water partition coefficient (Wildman–Crippen LogP) is 3.03. The molecule has 1 N–H and O–H groups in total. The van der Waals surface area contributed by atoms with Crippen LogP contribution < -0.4 is 9.62 Å². The summed E-state index contributed by atoms with van der Waals surface area (Å²) >= 11 is 0. The summed E-state index contributed by atoms with van der Waals surface area (Å²) in [6.07, 6.45) is 2.77. The molecule has 0 aliphatic heterocycles. The van der Waals surface area contributed by atoms with Gasteiger partial charge >= 0.3 is 0 Å². The van der Waals surface area contributed by atoms with Gasteiger partial charge in [0.2, 0.25) is 15.9 Å². The first-order valence-corrected chi connectivity index (χ1v) is 10.7. The van der Waals surface area contributed by atoms with Crippen LogP contribution in [0.5, 0.6) is 0 Å². The number of nitrogens with zero attached hydrogens (tertiary/aromatic N) is 1. The highest BCUT2D eigenvalue weighted by molar-refractivity contribution is 7.92. The zero-order valence-corrected chi connectivity index (χ0v) is 16.6. The van der Waals surface area contributed by atoms with Crippen molar-refractivity contribution < 1.29 is 17.6 Å². The lowest BCUT2D eigenvalue weighted by atomic mass is 10.0. The van der Waals surface area contributed by atoms with E-state index in [1.165, 1.54) is 17.7 Å². The molecule has 5 nitrogen and oxygen atoms in total. The summed E-state index contributed by atoms with van der Waals surface area (Å²) in [7, 11) is -3.68. The molecule has 27 heavy (non-hydrogen) atoms. The van der Waals surface area contributed by atoms with Crippen LogP contribution in [0.1, 0.15) is 30.5 Å². The van der Waals surface area contributed by atoms with Crippen molar-refractivity contribution in [2.45, 2.75) is 33.2 Å². The van der Waals surface area contributed by atoms with Gasteiger partial charge in [0.05, 0.1) is 11.9 Å². The quantitative estimate of drug-likeness (QED) is 0.751. The Bertz CT molecular complexity index is 896. The largest absolute Gasteiger partial charge is 0.350 e. The Labute approximate surface area is 160 Å². The van der Waals surface area contributed by atoms with Gasteiger partial charge in [-0.1, -0.05) is 32.0 Å². The number of rotatable bonds is 8. The Balaban J connectivity index is 2.12. The number of carbonyl (C=O) groups is 1. The second kappa shape index (κ2) is 8.99. The van der Waals surface area contributed by atoms with E-state index in [4.69, 9.17) is 0 Å². The molecule has 0 radical (unpaired) electrons. The van der Waals surface area contributed by atoms with Crippen LogP contribution in [0.3, 0.4) is 0 Å². The molecule has 0 saturated carbocycles. The van der Waals surface area contributed by atoms with E-state index in [0.717, 1.165) is 46.7 Å². The standard InChI is InChI=1S/C20H25FN2O3S/c1-4-15-6-7-16(5-2)17(12-15)13-22-20(24)14-23(27(3,25)26)19-10-8-18(21)9-11-19/h6-12H,4-5,13-14H2,1-3H3,(H,22,24). The molecule has 0 fully saturated rings. The fraction of sp³-hybridized carbons (Fsp3) is 0.350. The smallest absolute Gasteiger partial charge is 0.241 e. The molecule has 0 spiro atoms. The number of sulfonamides is 1. The second-order valence-corrected chi connectivity index (χ2v) is 8.24. The van der Waals surface area contributed by atoms with Crippen molar-refractivity contribution >= 4 is 21.6 Å². The van der Waals surface area contributed by atoms with E-state index in [1.54, 1.807) is 0 Å². The van der Waals surface area contributed by atoms with Gasteiger partial charge in [-0.25, -0.2) is 12.8 Å². The van der Waals surface area contributed by atoms with Crippen molar-refractivity contribution in [3.8, 4) is 0 Å². The third-order valence-electron chi connectivity index (χ3n) is 4.34. The number of hydrogen-bond acceptors (Lipinski definition) is 3. The minimum absolute atomic E-state index is 0.247. The maximum absolute atomic E-state index is 13.1. The molecule has 0 heterocycles. The number of carbonyl (C=O) groups excluding carboxylic acids is 1. The lowest BCUT2D eigenvalue weighted by Crippen LogP contribution is -2.40. The first kappa shape index (κ1) is 20.9. The number of amides is 1. The average molecular weight is 392 g/mol. The van der Waals surface area contributed by atoms with Gasteiger partial charge in [0, 0.05) is 6.54 Å². The molecule has 1 amide bonds. The van der Waals surface area contributed by atoms with E-state index in [9.17, 15) is 17.6 Å². The molecule has 0 saturated heterocycles. The molecule has 2 aromatic carbocycles. The molecule has 2 rings (SSSR count). The van der Waals surface area contributed by atoms with E-state index in [-0.39, 0.29) is 12.2 Å². The highest BCUT2D eigenvalue weighted by Gasteiger charge is 2.21. The molecule has 7 heteroatoms. The van der Waals surface area contributed by atoms with Gasteiger partial charge in [-0.3, -0.25) is 9.10 Å². The van der Waals surface area contributed by atoms with Crippen LogP contribution in [0.2, 0.25) is 0 Å². The summed E-state index contributed by atoms with van der Waals surface area (Å²) in [5, 5.41) is 2.79. The first-order chi connectivity index (χ1) is 12.7. The molecule has 0 aromatic heterocycles. The number of nitrogens with one attached hydrogen (secondary N) is 1. The number of halogens is 1. The van der Waals surface area contributed by atoms with Crippen LogP contribution in [0.4, 0.5) is 10.1 Å². The Hall–Kier alpha value is -2.41.